The summed E-state index contributed by atoms with van der Waals surface area (Å²) in [4.78, 5) is 1.85. The molecule has 0 spiro atoms. The molecule has 0 aliphatic carbocycles. The standard InChI is InChI=1S/C13H10N2OS/c14-8-10-2-4-13(17-10)9-1-3-12-11(7-9)15-5-6-16-12/h1-4,7,15H,5-6H2. The van der Waals surface area contributed by atoms with E-state index < -0.39 is 0 Å². The van der Waals surface area contributed by atoms with Crippen LogP contribution in [0.25, 0.3) is 10.4 Å². The van der Waals surface area contributed by atoms with Gasteiger partial charge in [-0.2, -0.15) is 5.26 Å². The van der Waals surface area contributed by atoms with Crippen molar-refractivity contribution < 1.29 is 4.74 Å². The van der Waals surface area contributed by atoms with Crippen molar-refractivity contribution in [2.45, 2.75) is 0 Å². The lowest BCUT2D eigenvalue weighted by atomic mass is 10.1. The van der Waals surface area contributed by atoms with E-state index in [2.05, 4.69) is 17.5 Å². The van der Waals surface area contributed by atoms with Gasteiger partial charge in [-0.25, -0.2) is 0 Å². The minimum Gasteiger partial charge on any atom is -0.490 e. The average molecular weight is 242 g/mol. The second-order valence-corrected chi connectivity index (χ2v) is 4.85. The highest BCUT2D eigenvalue weighted by molar-refractivity contribution is 7.16. The van der Waals surface area contributed by atoms with E-state index in [0.717, 1.165) is 33.3 Å². The first-order valence-electron chi connectivity index (χ1n) is 5.38. The van der Waals surface area contributed by atoms with Gasteiger partial charge in [0.05, 0.1) is 5.69 Å². The van der Waals surface area contributed by atoms with Crippen LogP contribution < -0.4 is 10.1 Å². The Bertz CT molecular complexity index is 598. The maximum Gasteiger partial charge on any atom is 0.142 e. The summed E-state index contributed by atoms with van der Waals surface area (Å²) in [5.41, 5.74) is 2.15. The SMILES string of the molecule is N#Cc1ccc(-c2ccc3c(c2)NCCO3)s1. The Morgan fingerprint density at radius 1 is 1.29 bits per heavy atom. The molecule has 0 amide bonds. The molecule has 84 valence electrons. The van der Waals surface area contributed by atoms with E-state index in [1.807, 2.05) is 24.3 Å². The number of benzene rings is 1. The molecule has 0 radical (unpaired) electrons. The van der Waals surface area contributed by atoms with Crippen LogP contribution in [0, 0.1) is 11.3 Å². The van der Waals surface area contributed by atoms with Crippen molar-refractivity contribution in [2.24, 2.45) is 0 Å². The fourth-order valence-corrected chi connectivity index (χ4v) is 2.65. The molecule has 0 atom stereocenters. The normalized spacial score (nSPS) is 13.1. The lowest BCUT2D eigenvalue weighted by Gasteiger charge is -2.19. The molecule has 1 aromatic heterocycles. The molecule has 3 nitrogen and oxygen atoms in total. The van der Waals surface area contributed by atoms with Gasteiger partial charge in [0.25, 0.3) is 0 Å². The molecule has 0 saturated carbocycles. The summed E-state index contributed by atoms with van der Waals surface area (Å²) in [7, 11) is 0. The maximum atomic E-state index is 8.82. The first-order chi connectivity index (χ1) is 8.36. The van der Waals surface area contributed by atoms with Crippen LogP contribution in [0.2, 0.25) is 0 Å². The number of nitrogens with one attached hydrogen (secondary N) is 1. The Kier molecular flexibility index (Phi) is 2.46. The van der Waals surface area contributed by atoms with Gasteiger partial charge < -0.3 is 10.1 Å². The highest BCUT2D eigenvalue weighted by Gasteiger charge is 2.11. The van der Waals surface area contributed by atoms with E-state index in [1.165, 1.54) is 11.3 Å². The lowest BCUT2D eigenvalue weighted by molar-refractivity contribution is 0.323. The van der Waals surface area contributed by atoms with E-state index in [4.69, 9.17) is 10.00 Å². The lowest BCUT2D eigenvalue weighted by Crippen LogP contribution is -2.17. The summed E-state index contributed by atoms with van der Waals surface area (Å²) < 4.78 is 5.53. The summed E-state index contributed by atoms with van der Waals surface area (Å²) in [6.45, 7) is 1.55. The molecule has 4 heteroatoms. The minimum absolute atomic E-state index is 0.712. The molecule has 0 saturated heterocycles. The van der Waals surface area contributed by atoms with Crippen LogP contribution in [0.3, 0.4) is 0 Å². The van der Waals surface area contributed by atoms with Crippen LogP contribution in [0.1, 0.15) is 4.88 Å². The van der Waals surface area contributed by atoms with Gasteiger partial charge in [-0.3, -0.25) is 0 Å². The van der Waals surface area contributed by atoms with Crippen molar-refractivity contribution in [3.05, 3.63) is 35.2 Å². The number of fused-ring (bicyclic) bond motifs is 1. The highest BCUT2D eigenvalue weighted by Crippen LogP contribution is 2.35. The second-order valence-electron chi connectivity index (χ2n) is 3.76. The van der Waals surface area contributed by atoms with Crippen molar-refractivity contribution in [1.82, 2.24) is 0 Å². The zero-order valence-corrected chi connectivity index (χ0v) is 9.88. The molecule has 2 aromatic rings. The molecule has 1 aliphatic heterocycles. The summed E-state index contributed by atoms with van der Waals surface area (Å²) in [5.74, 6) is 0.900. The van der Waals surface area contributed by atoms with Crippen molar-refractivity contribution >= 4 is 17.0 Å². The number of ether oxygens (including phenoxy) is 1. The Morgan fingerprint density at radius 3 is 3.06 bits per heavy atom. The second kappa shape index (κ2) is 4.11. The Balaban J connectivity index is 2.01. The van der Waals surface area contributed by atoms with Crippen LogP contribution in [-0.4, -0.2) is 13.2 Å². The molecule has 1 N–H and O–H groups in total. The molecule has 3 rings (SSSR count). The van der Waals surface area contributed by atoms with Crippen LogP contribution in [0.4, 0.5) is 5.69 Å². The smallest absolute Gasteiger partial charge is 0.142 e. The first kappa shape index (κ1) is 10.2. The number of nitrogens with zero attached hydrogens (tertiary/aromatic N) is 1. The van der Waals surface area contributed by atoms with Crippen molar-refractivity contribution in [1.29, 1.82) is 5.26 Å². The Hall–Kier alpha value is -1.99. The zero-order chi connectivity index (χ0) is 11.7. The number of hydrogen-bond donors (Lipinski definition) is 1. The molecule has 17 heavy (non-hydrogen) atoms. The third-order valence-electron chi connectivity index (χ3n) is 2.66. The van der Waals surface area contributed by atoms with Crippen LogP contribution >= 0.6 is 11.3 Å². The van der Waals surface area contributed by atoms with E-state index in [1.54, 1.807) is 0 Å². The van der Waals surface area contributed by atoms with Crippen LogP contribution in [0.15, 0.2) is 30.3 Å². The predicted molar refractivity (Wildman–Crippen MR) is 68.5 cm³/mol. The Morgan fingerprint density at radius 2 is 2.24 bits per heavy atom. The quantitative estimate of drug-likeness (QED) is 0.835. The van der Waals surface area contributed by atoms with Crippen molar-refractivity contribution in [3.8, 4) is 22.3 Å². The highest BCUT2D eigenvalue weighted by atomic mass is 32.1. The van der Waals surface area contributed by atoms with E-state index in [9.17, 15) is 0 Å². The van der Waals surface area contributed by atoms with Crippen molar-refractivity contribution in [3.63, 3.8) is 0 Å². The molecule has 2 heterocycles. The monoisotopic (exact) mass is 242 g/mol. The number of rotatable bonds is 1. The molecule has 0 unspecified atom stereocenters. The summed E-state index contributed by atoms with van der Waals surface area (Å²) in [5, 5.41) is 12.1. The minimum atomic E-state index is 0.712. The summed E-state index contributed by atoms with van der Waals surface area (Å²) in [6, 6.07) is 12.1. The fraction of sp³-hybridized carbons (Fsp3) is 0.154. The molecular weight excluding hydrogens is 232 g/mol. The van der Waals surface area contributed by atoms with Gasteiger partial charge in [0.2, 0.25) is 0 Å². The van der Waals surface area contributed by atoms with E-state index in [0.29, 0.717) is 6.61 Å². The van der Waals surface area contributed by atoms with E-state index in [-0.39, 0.29) is 0 Å². The van der Waals surface area contributed by atoms with Gasteiger partial charge in [0.15, 0.2) is 0 Å². The average Bonchev–Trinajstić information content (AvgIpc) is 2.87. The van der Waals surface area contributed by atoms with Gasteiger partial charge in [-0.15, -0.1) is 11.3 Å². The number of thiophene rings is 1. The molecule has 1 aliphatic rings. The molecule has 0 fully saturated rings. The fourth-order valence-electron chi connectivity index (χ4n) is 1.85. The first-order valence-corrected chi connectivity index (χ1v) is 6.19. The predicted octanol–water partition coefficient (Wildman–Crippen LogP) is 3.09. The number of nitriles is 1. The third kappa shape index (κ3) is 1.85. The van der Waals surface area contributed by atoms with Crippen LogP contribution in [-0.2, 0) is 0 Å². The van der Waals surface area contributed by atoms with Crippen molar-refractivity contribution in [2.75, 3.05) is 18.5 Å². The number of hydrogen-bond acceptors (Lipinski definition) is 4. The molecule has 1 aromatic carbocycles. The zero-order valence-electron chi connectivity index (χ0n) is 9.06. The molecule has 0 bridgehead atoms. The Labute approximate surface area is 103 Å². The topological polar surface area (TPSA) is 45.0 Å². The number of anilines is 1. The van der Waals surface area contributed by atoms with Gasteiger partial charge in [0.1, 0.15) is 23.3 Å². The van der Waals surface area contributed by atoms with Gasteiger partial charge in [-0.1, -0.05) is 0 Å². The van der Waals surface area contributed by atoms with Crippen LogP contribution in [0.5, 0.6) is 5.75 Å². The van der Waals surface area contributed by atoms with Gasteiger partial charge in [-0.05, 0) is 35.9 Å². The summed E-state index contributed by atoms with van der Waals surface area (Å²) in [6.07, 6.45) is 0. The van der Waals surface area contributed by atoms with Gasteiger partial charge in [0, 0.05) is 11.4 Å². The van der Waals surface area contributed by atoms with Gasteiger partial charge >= 0.3 is 0 Å². The molecular formula is C13H10N2OS. The maximum absolute atomic E-state index is 8.82. The summed E-state index contributed by atoms with van der Waals surface area (Å²) >= 11 is 1.51. The largest absolute Gasteiger partial charge is 0.490 e. The third-order valence-corrected chi connectivity index (χ3v) is 3.69. The van der Waals surface area contributed by atoms with E-state index >= 15 is 0 Å².